The van der Waals surface area contributed by atoms with Gasteiger partial charge in [-0.2, -0.15) is 12.6 Å². The number of thiol groups is 1. The zero-order chi connectivity index (χ0) is 8.53. The number of hydrogen-bond donors (Lipinski definition) is 1. The third-order valence-electron chi connectivity index (χ3n) is 1.44. The summed E-state index contributed by atoms with van der Waals surface area (Å²) in [6, 6.07) is 0. The molecular weight excluding hydrogens is 160 g/mol. The van der Waals surface area contributed by atoms with Crippen molar-refractivity contribution >= 4 is 12.6 Å². The van der Waals surface area contributed by atoms with Crippen molar-refractivity contribution in [3.05, 3.63) is 0 Å². The monoisotopic (exact) mass is 178 g/mol. The molecule has 1 unspecified atom stereocenters. The fourth-order valence-corrected chi connectivity index (χ4v) is 0.722. The maximum Gasteiger partial charge on any atom is 0.0704 e. The predicted molar refractivity (Wildman–Crippen MR) is 50.4 cm³/mol. The second-order valence-corrected chi connectivity index (χ2v) is 2.87. The summed E-state index contributed by atoms with van der Waals surface area (Å²) >= 11 is 4.02. The van der Waals surface area contributed by atoms with Crippen LogP contribution in [0, 0.1) is 0 Å². The molecule has 0 N–H and O–H groups in total. The second kappa shape index (κ2) is 8.37. The average Bonchev–Trinajstić information content (AvgIpc) is 2.04. The third-order valence-corrected chi connectivity index (χ3v) is 1.62. The van der Waals surface area contributed by atoms with Crippen molar-refractivity contribution in [3.8, 4) is 0 Å². The van der Waals surface area contributed by atoms with Crippen molar-refractivity contribution in [3.63, 3.8) is 0 Å². The zero-order valence-corrected chi connectivity index (χ0v) is 8.27. The molecule has 0 aliphatic rings. The Bertz CT molecular complexity index is 78.5. The molecule has 0 aromatic carbocycles. The molecule has 0 aliphatic carbocycles. The molecule has 0 rings (SSSR count). The van der Waals surface area contributed by atoms with Gasteiger partial charge in [-0.05, 0) is 13.3 Å². The van der Waals surface area contributed by atoms with E-state index in [-0.39, 0.29) is 0 Å². The SMILES string of the molecule is CCC(C)OCCOCCS. The molecule has 0 saturated heterocycles. The quantitative estimate of drug-likeness (QED) is 0.473. The molecule has 3 heteroatoms. The molecule has 0 aromatic rings. The number of ether oxygens (including phenoxy) is 2. The van der Waals surface area contributed by atoms with Crippen LogP contribution in [0.3, 0.4) is 0 Å². The number of rotatable bonds is 7. The first-order valence-corrected chi connectivity index (χ1v) is 4.74. The Kier molecular flexibility index (Phi) is 8.57. The normalized spacial score (nSPS) is 13.4. The van der Waals surface area contributed by atoms with Gasteiger partial charge in [-0.15, -0.1) is 0 Å². The van der Waals surface area contributed by atoms with Gasteiger partial charge in [0.25, 0.3) is 0 Å². The molecular formula is C8H18O2S. The van der Waals surface area contributed by atoms with Crippen LogP contribution in [0.5, 0.6) is 0 Å². The van der Waals surface area contributed by atoms with Gasteiger partial charge in [0.15, 0.2) is 0 Å². The van der Waals surface area contributed by atoms with Crippen molar-refractivity contribution in [2.24, 2.45) is 0 Å². The summed E-state index contributed by atoms with van der Waals surface area (Å²) in [5, 5.41) is 0. The standard InChI is InChI=1S/C8H18O2S/c1-3-8(2)10-5-4-9-6-7-11/h8,11H,3-7H2,1-2H3. The Morgan fingerprint density at radius 2 is 2.00 bits per heavy atom. The van der Waals surface area contributed by atoms with Gasteiger partial charge < -0.3 is 9.47 Å². The van der Waals surface area contributed by atoms with Crippen LogP contribution in [0.1, 0.15) is 20.3 Å². The lowest BCUT2D eigenvalue weighted by Crippen LogP contribution is -2.12. The van der Waals surface area contributed by atoms with Crippen LogP contribution in [0.4, 0.5) is 0 Å². The van der Waals surface area contributed by atoms with Crippen LogP contribution < -0.4 is 0 Å². The second-order valence-electron chi connectivity index (χ2n) is 2.43. The Morgan fingerprint density at radius 3 is 2.55 bits per heavy atom. The Labute approximate surface area is 74.7 Å². The lowest BCUT2D eigenvalue weighted by Gasteiger charge is -2.09. The largest absolute Gasteiger partial charge is 0.378 e. The van der Waals surface area contributed by atoms with Gasteiger partial charge in [-0.3, -0.25) is 0 Å². The molecule has 0 saturated carbocycles. The van der Waals surface area contributed by atoms with E-state index >= 15 is 0 Å². The molecule has 0 fully saturated rings. The van der Waals surface area contributed by atoms with Gasteiger partial charge in [0.2, 0.25) is 0 Å². The van der Waals surface area contributed by atoms with Crippen molar-refractivity contribution in [1.29, 1.82) is 0 Å². The molecule has 0 amide bonds. The van der Waals surface area contributed by atoms with Crippen molar-refractivity contribution < 1.29 is 9.47 Å². The fraction of sp³-hybridized carbons (Fsp3) is 1.00. The highest BCUT2D eigenvalue weighted by molar-refractivity contribution is 7.80. The summed E-state index contributed by atoms with van der Waals surface area (Å²) in [6.45, 7) is 6.28. The highest BCUT2D eigenvalue weighted by atomic mass is 32.1. The molecule has 1 atom stereocenters. The summed E-state index contributed by atoms with van der Waals surface area (Å²) in [4.78, 5) is 0. The molecule has 0 spiro atoms. The Hall–Kier alpha value is 0.270. The summed E-state index contributed by atoms with van der Waals surface area (Å²) in [5.41, 5.74) is 0. The van der Waals surface area contributed by atoms with Crippen LogP contribution in [-0.4, -0.2) is 31.7 Å². The van der Waals surface area contributed by atoms with E-state index in [4.69, 9.17) is 9.47 Å². The van der Waals surface area contributed by atoms with E-state index in [0.29, 0.717) is 25.9 Å². The third kappa shape index (κ3) is 8.17. The lowest BCUT2D eigenvalue weighted by molar-refractivity contribution is 0.0148. The summed E-state index contributed by atoms with van der Waals surface area (Å²) in [5.74, 6) is 0.781. The van der Waals surface area contributed by atoms with Crippen LogP contribution >= 0.6 is 12.6 Å². The summed E-state index contributed by atoms with van der Waals surface area (Å²) in [7, 11) is 0. The highest BCUT2D eigenvalue weighted by Gasteiger charge is 1.96. The topological polar surface area (TPSA) is 18.5 Å². The molecule has 2 nitrogen and oxygen atoms in total. The van der Waals surface area contributed by atoms with E-state index in [1.807, 2.05) is 0 Å². The molecule has 0 bridgehead atoms. The maximum absolute atomic E-state index is 5.39. The van der Waals surface area contributed by atoms with Crippen molar-refractivity contribution in [2.75, 3.05) is 25.6 Å². The van der Waals surface area contributed by atoms with Crippen LogP contribution in [0.2, 0.25) is 0 Å². The molecule has 11 heavy (non-hydrogen) atoms. The first-order valence-electron chi connectivity index (χ1n) is 4.11. The van der Waals surface area contributed by atoms with Crippen molar-refractivity contribution in [2.45, 2.75) is 26.4 Å². The Morgan fingerprint density at radius 1 is 1.27 bits per heavy atom. The predicted octanol–water partition coefficient (Wildman–Crippen LogP) is 1.75. The van der Waals surface area contributed by atoms with Crippen LogP contribution in [-0.2, 0) is 9.47 Å². The first-order chi connectivity index (χ1) is 5.31. The van der Waals surface area contributed by atoms with Gasteiger partial charge >= 0.3 is 0 Å². The van der Waals surface area contributed by atoms with Crippen LogP contribution in [0.25, 0.3) is 0 Å². The fourth-order valence-electron chi connectivity index (χ4n) is 0.593. The van der Waals surface area contributed by atoms with Gasteiger partial charge in [0.05, 0.1) is 25.9 Å². The minimum Gasteiger partial charge on any atom is -0.378 e. The minimum atomic E-state index is 0.356. The van der Waals surface area contributed by atoms with Gasteiger partial charge in [-0.25, -0.2) is 0 Å². The van der Waals surface area contributed by atoms with Gasteiger partial charge in [0.1, 0.15) is 0 Å². The van der Waals surface area contributed by atoms with E-state index in [0.717, 1.165) is 12.2 Å². The molecule has 0 radical (unpaired) electrons. The van der Waals surface area contributed by atoms with E-state index in [1.165, 1.54) is 0 Å². The van der Waals surface area contributed by atoms with Crippen LogP contribution in [0.15, 0.2) is 0 Å². The number of hydrogen-bond acceptors (Lipinski definition) is 3. The van der Waals surface area contributed by atoms with Gasteiger partial charge in [-0.1, -0.05) is 6.92 Å². The average molecular weight is 178 g/mol. The summed E-state index contributed by atoms with van der Waals surface area (Å²) in [6.07, 6.45) is 1.42. The zero-order valence-electron chi connectivity index (χ0n) is 7.38. The highest BCUT2D eigenvalue weighted by Crippen LogP contribution is 1.94. The molecule has 0 aliphatic heterocycles. The minimum absolute atomic E-state index is 0.356. The van der Waals surface area contributed by atoms with Crippen molar-refractivity contribution in [1.82, 2.24) is 0 Å². The maximum atomic E-state index is 5.39. The van der Waals surface area contributed by atoms with E-state index in [1.54, 1.807) is 0 Å². The molecule has 0 heterocycles. The lowest BCUT2D eigenvalue weighted by atomic mass is 10.3. The summed E-state index contributed by atoms with van der Waals surface area (Å²) < 4.78 is 10.6. The van der Waals surface area contributed by atoms with E-state index in [9.17, 15) is 0 Å². The van der Waals surface area contributed by atoms with E-state index < -0.39 is 0 Å². The smallest absolute Gasteiger partial charge is 0.0704 e. The first kappa shape index (κ1) is 11.3. The molecule has 0 aromatic heterocycles. The van der Waals surface area contributed by atoms with Gasteiger partial charge in [0, 0.05) is 5.75 Å². The van der Waals surface area contributed by atoms with E-state index in [2.05, 4.69) is 26.5 Å². The Balaban J connectivity index is 2.89. The molecule has 68 valence electrons.